The quantitative estimate of drug-likeness (QED) is 0.924. The lowest BCUT2D eigenvalue weighted by molar-refractivity contribution is -0.142. The van der Waals surface area contributed by atoms with Gasteiger partial charge in [0.1, 0.15) is 0 Å². The van der Waals surface area contributed by atoms with Gasteiger partial charge in [-0.3, -0.25) is 14.4 Å². The molecule has 0 spiro atoms. The summed E-state index contributed by atoms with van der Waals surface area (Å²) < 4.78 is 40.5. The average molecular weight is 352 g/mol. The van der Waals surface area contributed by atoms with Gasteiger partial charge in [-0.15, -0.1) is 0 Å². The molecule has 25 heavy (non-hydrogen) atoms. The zero-order chi connectivity index (χ0) is 18.2. The van der Waals surface area contributed by atoms with Crippen molar-refractivity contribution in [2.75, 3.05) is 12.4 Å². The summed E-state index contributed by atoms with van der Waals surface area (Å²) in [4.78, 5) is 14.1. The van der Waals surface area contributed by atoms with Crippen molar-refractivity contribution in [3.05, 3.63) is 47.3 Å². The van der Waals surface area contributed by atoms with Crippen LogP contribution >= 0.6 is 0 Å². The lowest BCUT2D eigenvalue weighted by Gasteiger charge is -2.25. The molecule has 1 aliphatic rings. The first-order valence-corrected chi connectivity index (χ1v) is 7.94. The number of likely N-dealkylation sites (N-methyl/N-ethyl adjacent to an activating group) is 1. The van der Waals surface area contributed by atoms with E-state index in [1.165, 1.54) is 13.2 Å². The van der Waals surface area contributed by atoms with Crippen LogP contribution in [0.3, 0.4) is 0 Å². The van der Waals surface area contributed by atoms with Crippen molar-refractivity contribution in [2.45, 2.75) is 31.6 Å². The monoisotopic (exact) mass is 352 g/mol. The van der Waals surface area contributed by atoms with Crippen LogP contribution in [0.2, 0.25) is 0 Å². The van der Waals surface area contributed by atoms with Crippen LogP contribution in [0, 0.1) is 0 Å². The van der Waals surface area contributed by atoms with Crippen LogP contribution in [0.4, 0.5) is 18.9 Å². The number of halogens is 3. The molecule has 0 bridgehead atoms. The summed E-state index contributed by atoms with van der Waals surface area (Å²) >= 11 is 0. The van der Waals surface area contributed by atoms with Crippen LogP contribution in [0.1, 0.15) is 23.2 Å². The van der Waals surface area contributed by atoms with Crippen LogP contribution in [0.25, 0.3) is 0 Å². The number of hydrogen-bond donors (Lipinski definition) is 1. The highest BCUT2D eigenvalue weighted by molar-refractivity contribution is 5.96. The Morgan fingerprint density at radius 1 is 1.36 bits per heavy atom. The summed E-state index contributed by atoms with van der Waals surface area (Å²) in [6.45, 7) is -0.00286. The van der Waals surface area contributed by atoms with E-state index in [-0.39, 0.29) is 18.0 Å². The minimum atomic E-state index is -4.51. The number of carbonyl (C=O) groups is 1. The Balaban J connectivity index is 1.78. The molecule has 1 N–H and O–H groups in total. The van der Waals surface area contributed by atoms with Crippen molar-refractivity contribution in [3.8, 4) is 0 Å². The molecule has 2 heterocycles. The maximum Gasteiger partial charge on any atom is 0.435 e. The van der Waals surface area contributed by atoms with E-state index in [2.05, 4.69) is 10.4 Å². The lowest BCUT2D eigenvalue weighted by atomic mass is 10.0. The van der Waals surface area contributed by atoms with Gasteiger partial charge in [-0.25, -0.2) is 0 Å². The molecule has 0 saturated carbocycles. The minimum absolute atomic E-state index is 0.00286. The summed E-state index contributed by atoms with van der Waals surface area (Å²) in [7, 11) is 3.11. The van der Waals surface area contributed by atoms with Crippen LogP contribution in [0.5, 0.6) is 0 Å². The summed E-state index contributed by atoms with van der Waals surface area (Å²) in [5.74, 6) is -0.204. The summed E-state index contributed by atoms with van der Waals surface area (Å²) in [5, 5.41) is 6.38. The van der Waals surface area contributed by atoms with Gasteiger partial charge < -0.3 is 5.32 Å². The number of alkyl halides is 3. The largest absolute Gasteiger partial charge is 0.435 e. The molecule has 0 saturated heterocycles. The van der Waals surface area contributed by atoms with Crippen LogP contribution in [-0.4, -0.2) is 33.7 Å². The van der Waals surface area contributed by atoms with E-state index in [1.807, 2.05) is 24.3 Å². The van der Waals surface area contributed by atoms with E-state index < -0.39 is 17.9 Å². The average Bonchev–Trinajstić information content (AvgIpc) is 2.80. The van der Waals surface area contributed by atoms with Crippen LogP contribution in [-0.2, 0) is 31.0 Å². The topological polar surface area (TPSA) is 50.2 Å². The maximum atomic E-state index is 13.1. The van der Waals surface area contributed by atoms with Gasteiger partial charge in [-0.05, 0) is 31.5 Å². The van der Waals surface area contributed by atoms with Gasteiger partial charge in [0.05, 0.1) is 6.04 Å². The SMILES string of the molecule is CN(Cc1cn(C)nc1C(F)(F)F)C1CCc2ccccc2NC1=O. The van der Waals surface area contributed by atoms with E-state index in [4.69, 9.17) is 0 Å². The highest BCUT2D eigenvalue weighted by Gasteiger charge is 2.38. The molecule has 134 valence electrons. The number of amides is 1. The smallest absolute Gasteiger partial charge is 0.324 e. The number of aromatic nitrogens is 2. The molecule has 0 radical (unpaired) electrons. The van der Waals surface area contributed by atoms with E-state index in [0.717, 1.165) is 15.9 Å². The second-order valence-corrected chi connectivity index (χ2v) is 6.29. The van der Waals surface area contributed by atoms with Gasteiger partial charge in [-0.1, -0.05) is 18.2 Å². The number of nitrogens with zero attached hydrogens (tertiary/aromatic N) is 3. The predicted octanol–water partition coefficient (Wildman–Crippen LogP) is 2.82. The molecule has 1 amide bonds. The zero-order valence-electron chi connectivity index (χ0n) is 14.0. The number of para-hydroxylation sites is 1. The molecule has 8 heteroatoms. The second kappa shape index (κ2) is 6.51. The fourth-order valence-corrected chi connectivity index (χ4v) is 3.19. The summed E-state index contributed by atoms with van der Waals surface area (Å²) in [6.07, 6.45) is -1.94. The molecule has 1 aromatic heterocycles. The summed E-state index contributed by atoms with van der Waals surface area (Å²) in [6, 6.07) is 7.02. The van der Waals surface area contributed by atoms with Crippen LogP contribution < -0.4 is 5.32 Å². The Bertz CT molecular complexity index is 784. The standard InChI is InChI=1S/C17H19F3N4O/c1-23(9-12-10-24(2)22-15(12)17(18,19)20)14-8-7-11-5-3-4-6-13(11)21-16(14)25/h3-6,10,14H,7-9H2,1-2H3,(H,21,25). The van der Waals surface area contributed by atoms with Crippen molar-refractivity contribution >= 4 is 11.6 Å². The third-order valence-corrected chi connectivity index (χ3v) is 4.39. The van der Waals surface area contributed by atoms with Gasteiger partial charge in [0.25, 0.3) is 0 Å². The zero-order valence-corrected chi connectivity index (χ0v) is 14.0. The van der Waals surface area contributed by atoms with E-state index in [0.29, 0.717) is 12.8 Å². The molecular formula is C17H19F3N4O. The van der Waals surface area contributed by atoms with Gasteiger partial charge >= 0.3 is 6.18 Å². The number of rotatable bonds is 3. The molecule has 0 aliphatic carbocycles. The third-order valence-electron chi connectivity index (χ3n) is 4.39. The van der Waals surface area contributed by atoms with Crippen molar-refractivity contribution in [1.82, 2.24) is 14.7 Å². The molecule has 3 rings (SSSR count). The predicted molar refractivity (Wildman–Crippen MR) is 86.9 cm³/mol. The molecule has 0 fully saturated rings. The Morgan fingerprint density at radius 2 is 2.08 bits per heavy atom. The van der Waals surface area contributed by atoms with Crippen LogP contribution in [0.15, 0.2) is 30.5 Å². The first kappa shape index (κ1) is 17.5. The maximum absolute atomic E-state index is 13.1. The Morgan fingerprint density at radius 3 is 2.80 bits per heavy atom. The highest BCUT2D eigenvalue weighted by Crippen LogP contribution is 2.31. The lowest BCUT2D eigenvalue weighted by Crippen LogP contribution is -2.41. The fraction of sp³-hybridized carbons (Fsp3) is 0.412. The number of fused-ring (bicyclic) bond motifs is 1. The van der Waals surface area contributed by atoms with E-state index in [1.54, 1.807) is 11.9 Å². The van der Waals surface area contributed by atoms with Gasteiger partial charge in [0.15, 0.2) is 5.69 Å². The van der Waals surface area contributed by atoms with Crippen molar-refractivity contribution in [2.24, 2.45) is 7.05 Å². The fourth-order valence-electron chi connectivity index (χ4n) is 3.19. The van der Waals surface area contributed by atoms with E-state index >= 15 is 0 Å². The first-order valence-electron chi connectivity index (χ1n) is 7.94. The van der Waals surface area contributed by atoms with Gasteiger partial charge in [0.2, 0.25) is 5.91 Å². The number of anilines is 1. The Labute approximate surface area is 143 Å². The third kappa shape index (κ3) is 3.68. The molecule has 1 aromatic carbocycles. The number of benzene rings is 1. The Kier molecular flexibility index (Phi) is 4.55. The first-order chi connectivity index (χ1) is 11.8. The molecular weight excluding hydrogens is 333 g/mol. The molecule has 1 aliphatic heterocycles. The normalized spacial score (nSPS) is 18.0. The van der Waals surface area contributed by atoms with Crippen molar-refractivity contribution in [1.29, 1.82) is 0 Å². The molecule has 2 aromatic rings. The van der Waals surface area contributed by atoms with Gasteiger partial charge in [-0.2, -0.15) is 18.3 Å². The molecule has 1 unspecified atom stereocenters. The van der Waals surface area contributed by atoms with E-state index in [9.17, 15) is 18.0 Å². The summed E-state index contributed by atoms with van der Waals surface area (Å²) in [5.41, 5.74) is 0.955. The highest BCUT2D eigenvalue weighted by atomic mass is 19.4. The number of nitrogens with one attached hydrogen (secondary N) is 1. The van der Waals surface area contributed by atoms with Gasteiger partial charge in [0, 0.05) is 31.0 Å². The minimum Gasteiger partial charge on any atom is -0.324 e. The van der Waals surface area contributed by atoms with Crippen molar-refractivity contribution < 1.29 is 18.0 Å². The number of carbonyl (C=O) groups excluding carboxylic acids is 1. The molecule has 1 atom stereocenters. The second-order valence-electron chi connectivity index (χ2n) is 6.29. The Hall–Kier alpha value is -2.35. The number of aryl methyl sites for hydroxylation is 2. The number of hydrogen-bond acceptors (Lipinski definition) is 3. The molecule has 5 nitrogen and oxygen atoms in total. The van der Waals surface area contributed by atoms with Crippen molar-refractivity contribution in [3.63, 3.8) is 0 Å².